The van der Waals surface area contributed by atoms with Crippen LogP contribution in [0.5, 0.6) is 5.75 Å². The van der Waals surface area contributed by atoms with Crippen LogP contribution in [0.15, 0.2) is 52.9 Å². The number of allylic oxidation sites excluding steroid dienone is 1. The van der Waals surface area contributed by atoms with Crippen molar-refractivity contribution in [2.24, 2.45) is 16.2 Å². The van der Waals surface area contributed by atoms with Crippen LogP contribution in [-0.2, 0) is 31.1 Å². The van der Waals surface area contributed by atoms with Crippen molar-refractivity contribution >= 4 is 38.7 Å². The van der Waals surface area contributed by atoms with E-state index in [9.17, 15) is 27.0 Å². The molecule has 0 unspecified atom stereocenters. The number of alkyl halides is 3. The van der Waals surface area contributed by atoms with E-state index in [0.717, 1.165) is 25.7 Å². The van der Waals surface area contributed by atoms with E-state index in [1.165, 1.54) is 11.1 Å². The minimum absolute atomic E-state index is 0.106. The van der Waals surface area contributed by atoms with Gasteiger partial charge in [0.05, 0.1) is 33.9 Å². The zero-order valence-corrected chi connectivity index (χ0v) is 29.3. The fourth-order valence-corrected chi connectivity index (χ4v) is 9.60. The minimum atomic E-state index is -4.75. The Morgan fingerprint density at radius 3 is 2.73 bits per heavy atom. The maximum atomic E-state index is 13.9. The van der Waals surface area contributed by atoms with E-state index < -0.39 is 39.8 Å². The number of fused-ring (bicyclic) bond motifs is 3. The number of hydrogen-bond acceptors (Lipinski definition) is 6. The summed E-state index contributed by atoms with van der Waals surface area (Å²) in [6.45, 7) is 6.01. The third-order valence-electron chi connectivity index (χ3n) is 9.99. The summed E-state index contributed by atoms with van der Waals surface area (Å²) < 4.78 is 69.4. The molecule has 12 heteroatoms. The predicted molar refractivity (Wildman–Crippen MR) is 183 cm³/mol. The molecule has 0 aromatic heterocycles. The summed E-state index contributed by atoms with van der Waals surface area (Å²) in [4.78, 5) is 28.3. The third-order valence-corrected chi connectivity index (χ3v) is 12.4. The molecule has 2 aromatic carbocycles. The van der Waals surface area contributed by atoms with Gasteiger partial charge in [-0.05, 0) is 85.4 Å². The lowest BCUT2D eigenvalue weighted by Gasteiger charge is -2.42. The normalized spacial score (nSPS) is 28.9. The van der Waals surface area contributed by atoms with Crippen LogP contribution in [0.4, 0.5) is 18.9 Å². The first-order chi connectivity index (χ1) is 22.7. The number of ether oxygens (including phenoxy) is 2. The highest BCUT2D eigenvalue weighted by Gasteiger charge is 2.43. The molecule has 5 atom stereocenters. The lowest BCUT2D eigenvalue weighted by molar-refractivity contribution is -0.150. The van der Waals surface area contributed by atoms with Gasteiger partial charge in [0.1, 0.15) is 12.2 Å². The Morgan fingerprint density at radius 1 is 1.21 bits per heavy atom. The van der Waals surface area contributed by atoms with E-state index in [1.54, 1.807) is 25.3 Å². The topological polar surface area (TPSA) is 85.3 Å². The van der Waals surface area contributed by atoms with Crippen molar-refractivity contribution in [2.75, 3.05) is 43.2 Å². The fraction of sp³-hybridized carbons (Fsp3) is 0.556. The molecule has 2 heterocycles. The number of halogens is 4. The van der Waals surface area contributed by atoms with Gasteiger partial charge in [-0.3, -0.25) is 9.59 Å². The number of amides is 1. The second-order valence-electron chi connectivity index (χ2n) is 13.4. The summed E-state index contributed by atoms with van der Waals surface area (Å²) in [6.07, 6.45) is 1.57. The molecule has 2 bridgehead atoms. The molecule has 1 amide bonds. The van der Waals surface area contributed by atoms with Gasteiger partial charge in [-0.2, -0.15) is 17.5 Å². The number of methoxy groups -OCH3 is 1. The number of aryl methyl sites for hydroxylation is 1. The second-order valence-corrected chi connectivity index (χ2v) is 16.3. The Balaban J connectivity index is 1.61. The number of ketones is 1. The molecule has 0 saturated heterocycles. The average molecular weight is 709 g/mol. The summed E-state index contributed by atoms with van der Waals surface area (Å²) in [5.41, 5.74) is 2.88. The summed E-state index contributed by atoms with van der Waals surface area (Å²) in [5, 5.41) is 0.691. The Kier molecular flexibility index (Phi) is 11.3. The number of anilines is 1. The van der Waals surface area contributed by atoms with Crippen LogP contribution in [0.3, 0.4) is 0 Å². The van der Waals surface area contributed by atoms with Gasteiger partial charge < -0.3 is 14.4 Å². The summed E-state index contributed by atoms with van der Waals surface area (Å²) in [6, 6.07) is 11.0. The van der Waals surface area contributed by atoms with Crippen LogP contribution >= 0.6 is 11.6 Å². The van der Waals surface area contributed by atoms with E-state index in [-0.39, 0.29) is 41.1 Å². The number of carbonyl (C=O) groups excluding carboxylic acids is 2. The maximum absolute atomic E-state index is 13.9. The molecule has 262 valence electrons. The second kappa shape index (κ2) is 14.9. The standard InChI is InChI=1S/C36H44ClF3N2O5S/c1-4-25-20-42-22-35(15-8-9-26-17-28(37)12-13-30(26)35)23-47-33-14-11-27(18-31(33)42)34(44)41-48(45,21-29(43)19-36(38,39)40)16-7-5-6-10-32(46-3)24(25)2/h6,10-14,17-18,24-25,32H,4-5,7-9,15-16,19-23H2,1-3H3/b10-6+/t24-,25+,32+,35+,48-/m1/s1. The highest BCUT2D eigenvalue weighted by molar-refractivity contribution is 7.94. The molecule has 0 radical (unpaired) electrons. The van der Waals surface area contributed by atoms with Gasteiger partial charge in [0.2, 0.25) is 0 Å². The molecule has 48 heavy (non-hydrogen) atoms. The SMILES string of the molecule is CC[C@H]1CN2C[C@@]3(CCCc4cc(Cl)ccc43)COc3ccc(cc32)C(=O)N=[S@](=O)(CC(=O)CC(F)(F)F)CCC/C=C/[C@H](OC)[C@@H]1C. The van der Waals surface area contributed by atoms with Crippen molar-refractivity contribution in [1.82, 2.24) is 0 Å². The van der Waals surface area contributed by atoms with Crippen LogP contribution in [0.1, 0.15) is 73.9 Å². The van der Waals surface area contributed by atoms with Crippen molar-refractivity contribution in [3.63, 3.8) is 0 Å². The van der Waals surface area contributed by atoms with E-state index in [4.69, 9.17) is 21.1 Å². The molecule has 1 spiro atoms. The average Bonchev–Trinajstić information content (AvgIpc) is 3.16. The zero-order valence-electron chi connectivity index (χ0n) is 27.7. The van der Waals surface area contributed by atoms with Gasteiger partial charge in [-0.25, -0.2) is 4.21 Å². The van der Waals surface area contributed by atoms with Crippen LogP contribution in [-0.4, -0.2) is 66.5 Å². The van der Waals surface area contributed by atoms with Gasteiger partial charge in [0.15, 0.2) is 5.78 Å². The van der Waals surface area contributed by atoms with Crippen LogP contribution < -0.4 is 9.64 Å². The third kappa shape index (κ3) is 8.45. The highest BCUT2D eigenvalue weighted by atomic mass is 35.5. The van der Waals surface area contributed by atoms with Crippen molar-refractivity contribution in [3.05, 3.63) is 70.3 Å². The number of hydrogen-bond donors (Lipinski definition) is 0. The van der Waals surface area contributed by atoms with Crippen LogP contribution in [0.2, 0.25) is 5.02 Å². The molecule has 2 aromatic rings. The maximum Gasteiger partial charge on any atom is 0.395 e. The van der Waals surface area contributed by atoms with Crippen molar-refractivity contribution in [3.8, 4) is 5.75 Å². The minimum Gasteiger partial charge on any atom is -0.490 e. The van der Waals surface area contributed by atoms with Crippen LogP contribution in [0, 0.1) is 11.8 Å². The smallest absolute Gasteiger partial charge is 0.395 e. The molecule has 3 aliphatic rings. The van der Waals surface area contributed by atoms with Gasteiger partial charge in [-0.15, -0.1) is 0 Å². The van der Waals surface area contributed by atoms with E-state index in [0.29, 0.717) is 42.6 Å². The first-order valence-electron chi connectivity index (χ1n) is 16.6. The van der Waals surface area contributed by atoms with Crippen molar-refractivity contribution in [1.29, 1.82) is 0 Å². The quantitative estimate of drug-likeness (QED) is 0.293. The molecule has 7 nitrogen and oxygen atoms in total. The van der Waals surface area contributed by atoms with Crippen LogP contribution in [0.25, 0.3) is 0 Å². The lowest BCUT2D eigenvalue weighted by atomic mass is 9.70. The van der Waals surface area contributed by atoms with E-state index in [2.05, 4.69) is 29.2 Å². The number of Topliss-reactive ketones (excluding diaryl/α,β-unsaturated/α-hetero) is 1. The van der Waals surface area contributed by atoms with Crippen molar-refractivity contribution < 1.29 is 36.4 Å². The van der Waals surface area contributed by atoms with E-state index in [1.807, 2.05) is 24.3 Å². The molecular formula is C36H44ClF3N2O5S. The molecule has 5 rings (SSSR count). The summed E-state index contributed by atoms with van der Waals surface area (Å²) >= 11 is 6.40. The highest BCUT2D eigenvalue weighted by Crippen LogP contribution is 2.45. The predicted octanol–water partition coefficient (Wildman–Crippen LogP) is 7.97. The largest absolute Gasteiger partial charge is 0.490 e. The summed E-state index contributed by atoms with van der Waals surface area (Å²) in [7, 11) is -1.96. The number of rotatable bonds is 5. The monoisotopic (exact) mass is 708 g/mol. The zero-order chi connectivity index (χ0) is 34.7. The molecule has 2 aliphatic heterocycles. The van der Waals surface area contributed by atoms with Crippen molar-refractivity contribution in [2.45, 2.75) is 76.5 Å². The molecular weight excluding hydrogens is 665 g/mol. The Labute approximate surface area is 286 Å². The Morgan fingerprint density at radius 2 is 2.00 bits per heavy atom. The molecule has 1 aliphatic carbocycles. The Hall–Kier alpha value is -2.89. The Bertz CT molecular complexity index is 1670. The van der Waals surface area contributed by atoms with Gasteiger partial charge in [0, 0.05) is 42.0 Å². The van der Waals surface area contributed by atoms with Gasteiger partial charge in [0.25, 0.3) is 5.91 Å². The summed E-state index contributed by atoms with van der Waals surface area (Å²) in [5.74, 6) is -2.32. The molecule has 0 saturated carbocycles. The first-order valence-corrected chi connectivity index (χ1v) is 18.8. The molecule has 0 N–H and O–H groups in total. The number of benzene rings is 2. The lowest BCUT2D eigenvalue weighted by Crippen LogP contribution is -2.47. The van der Waals surface area contributed by atoms with Gasteiger partial charge in [-0.1, -0.05) is 50.1 Å². The fourth-order valence-electron chi connectivity index (χ4n) is 7.47. The first kappa shape index (κ1) is 36.4. The molecule has 0 fully saturated rings. The number of nitrogens with zero attached hydrogens (tertiary/aromatic N) is 2. The number of carbonyl (C=O) groups is 2. The van der Waals surface area contributed by atoms with Gasteiger partial charge >= 0.3 is 6.18 Å². The van der Waals surface area contributed by atoms with E-state index >= 15 is 0 Å².